The van der Waals surface area contributed by atoms with Crippen LogP contribution in [0.1, 0.15) is 49.7 Å². The number of piperidine rings is 1. The van der Waals surface area contributed by atoms with Crippen LogP contribution in [-0.4, -0.2) is 44.2 Å². The van der Waals surface area contributed by atoms with E-state index in [9.17, 15) is 0 Å². The molecule has 28 heavy (non-hydrogen) atoms. The van der Waals surface area contributed by atoms with Crippen LogP contribution >= 0.6 is 0 Å². The molecule has 0 saturated carbocycles. The number of nitrogens with zero attached hydrogens (tertiary/aromatic N) is 2. The van der Waals surface area contributed by atoms with E-state index in [0.717, 1.165) is 38.3 Å². The van der Waals surface area contributed by atoms with Crippen molar-refractivity contribution < 1.29 is 4.74 Å². The first-order valence-electron chi connectivity index (χ1n) is 11.1. The Hall–Kier alpha value is -2.00. The predicted octanol–water partition coefficient (Wildman–Crippen LogP) is 5.11. The average molecular weight is 379 g/mol. The van der Waals surface area contributed by atoms with Crippen molar-refractivity contribution in [1.29, 1.82) is 0 Å². The summed E-state index contributed by atoms with van der Waals surface area (Å²) in [5, 5.41) is 0. The lowest BCUT2D eigenvalue weighted by molar-refractivity contribution is 0.205. The van der Waals surface area contributed by atoms with Crippen molar-refractivity contribution in [2.75, 3.05) is 44.2 Å². The maximum Gasteiger partial charge on any atom is 0.119 e. The second-order valence-electron chi connectivity index (χ2n) is 8.40. The quantitative estimate of drug-likeness (QED) is 0.594. The molecule has 1 atom stereocenters. The Bertz CT molecular complexity index is 739. The molecule has 2 aromatic carbocycles. The Morgan fingerprint density at radius 2 is 1.79 bits per heavy atom. The van der Waals surface area contributed by atoms with Crippen LogP contribution in [0.4, 0.5) is 5.69 Å². The van der Waals surface area contributed by atoms with Crippen LogP contribution in [0.15, 0.2) is 48.5 Å². The zero-order chi connectivity index (χ0) is 19.2. The fourth-order valence-corrected chi connectivity index (χ4v) is 4.60. The van der Waals surface area contributed by atoms with Crippen LogP contribution in [-0.2, 0) is 6.42 Å². The van der Waals surface area contributed by atoms with Gasteiger partial charge in [-0.3, -0.25) is 0 Å². The molecular weight excluding hydrogens is 344 g/mol. The van der Waals surface area contributed by atoms with E-state index in [1.165, 1.54) is 55.7 Å². The lowest BCUT2D eigenvalue weighted by atomic mass is 10.0. The Morgan fingerprint density at radius 1 is 0.964 bits per heavy atom. The molecule has 1 saturated heterocycles. The van der Waals surface area contributed by atoms with E-state index in [4.69, 9.17) is 4.74 Å². The van der Waals surface area contributed by atoms with E-state index in [2.05, 4.69) is 65.3 Å². The highest BCUT2D eigenvalue weighted by molar-refractivity contribution is 5.60. The number of ether oxygens (including phenoxy) is 1. The van der Waals surface area contributed by atoms with Crippen molar-refractivity contribution in [2.45, 2.75) is 44.9 Å². The third-order valence-corrected chi connectivity index (χ3v) is 6.24. The Balaban J connectivity index is 1.27. The number of hydrogen-bond acceptors (Lipinski definition) is 3. The summed E-state index contributed by atoms with van der Waals surface area (Å²) in [6.45, 7) is 9.07. The van der Waals surface area contributed by atoms with E-state index in [-0.39, 0.29) is 0 Å². The van der Waals surface area contributed by atoms with Crippen LogP contribution in [0.2, 0.25) is 0 Å². The molecular formula is C25H34N2O. The molecule has 0 amide bonds. The van der Waals surface area contributed by atoms with E-state index >= 15 is 0 Å². The fourth-order valence-electron chi connectivity index (χ4n) is 4.60. The topological polar surface area (TPSA) is 15.7 Å². The largest absolute Gasteiger partial charge is 0.494 e. The standard InChI is InChI=1S/C25H34N2O/c1-21(22-9-4-2-5-10-22)20-27-17-13-23-19-24(11-12-25(23)27)28-18-8-16-26-14-6-3-7-15-26/h2,4-5,9-12,19,21H,3,6-8,13-18,20H2,1H3. The van der Waals surface area contributed by atoms with Gasteiger partial charge in [0.05, 0.1) is 6.61 Å². The first kappa shape index (κ1) is 19.3. The molecule has 0 spiro atoms. The van der Waals surface area contributed by atoms with Crippen molar-refractivity contribution >= 4 is 5.69 Å². The highest BCUT2D eigenvalue weighted by atomic mass is 16.5. The summed E-state index contributed by atoms with van der Waals surface area (Å²) in [4.78, 5) is 5.12. The molecule has 0 aliphatic carbocycles. The molecule has 150 valence electrons. The lowest BCUT2D eigenvalue weighted by Gasteiger charge is -2.26. The summed E-state index contributed by atoms with van der Waals surface area (Å²) in [5.41, 5.74) is 4.25. The van der Waals surface area contributed by atoms with Crippen LogP contribution in [0, 0.1) is 0 Å². The summed E-state index contributed by atoms with van der Waals surface area (Å²) in [6, 6.07) is 17.5. The molecule has 1 fully saturated rings. The molecule has 0 radical (unpaired) electrons. The first-order chi connectivity index (χ1) is 13.8. The molecule has 3 heteroatoms. The number of hydrogen-bond donors (Lipinski definition) is 0. The van der Waals surface area contributed by atoms with Gasteiger partial charge >= 0.3 is 0 Å². The molecule has 4 rings (SSSR count). The monoisotopic (exact) mass is 378 g/mol. The number of likely N-dealkylation sites (tertiary alicyclic amines) is 1. The van der Waals surface area contributed by atoms with Gasteiger partial charge in [0.1, 0.15) is 5.75 Å². The minimum absolute atomic E-state index is 0.540. The molecule has 2 aromatic rings. The smallest absolute Gasteiger partial charge is 0.119 e. The third kappa shape index (κ3) is 4.88. The van der Waals surface area contributed by atoms with Crippen molar-refractivity contribution in [3.63, 3.8) is 0 Å². The molecule has 0 N–H and O–H groups in total. The van der Waals surface area contributed by atoms with E-state index in [1.807, 2.05) is 0 Å². The van der Waals surface area contributed by atoms with Gasteiger partial charge < -0.3 is 14.5 Å². The maximum absolute atomic E-state index is 6.06. The minimum atomic E-state index is 0.540. The molecule has 2 heterocycles. The molecule has 2 aliphatic heterocycles. The molecule has 3 nitrogen and oxygen atoms in total. The number of fused-ring (bicyclic) bond motifs is 1. The van der Waals surface area contributed by atoms with Gasteiger partial charge in [-0.05, 0) is 74.0 Å². The van der Waals surface area contributed by atoms with Crippen molar-refractivity contribution in [1.82, 2.24) is 4.90 Å². The van der Waals surface area contributed by atoms with E-state index in [0.29, 0.717) is 5.92 Å². The summed E-state index contributed by atoms with van der Waals surface area (Å²) < 4.78 is 6.06. The number of rotatable bonds is 8. The van der Waals surface area contributed by atoms with E-state index < -0.39 is 0 Å². The molecule has 1 unspecified atom stereocenters. The molecule has 0 bridgehead atoms. The van der Waals surface area contributed by atoms with Gasteiger partial charge in [-0.2, -0.15) is 0 Å². The van der Waals surface area contributed by atoms with Crippen molar-refractivity contribution in [3.05, 3.63) is 59.7 Å². The summed E-state index contributed by atoms with van der Waals surface area (Å²) in [5.74, 6) is 1.58. The highest BCUT2D eigenvalue weighted by Crippen LogP contribution is 2.33. The summed E-state index contributed by atoms with van der Waals surface area (Å²) in [6.07, 6.45) is 6.39. The zero-order valence-corrected chi connectivity index (χ0v) is 17.3. The van der Waals surface area contributed by atoms with Gasteiger partial charge in [0.25, 0.3) is 0 Å². The highest BCUT2D eigenvalue weighted by Gasteiger charge is 2.21. The Kier molecular flexibility index (Phi) is 6.53. The van der Waals surface area contributed by atoms with Crippen LogP contribution in [0.3, 0.4) is 0 Å². The van der Waals surface area contributed by atoms with Gasteiger partial charge in [0, 0.05) is 25.3 Å². The molecule has 0 aromatic heterocycles. The Morgan fingerprint density at radius 3 is 2.61 bits per heavy atom. The lowest BCUT2D eigenvalue weighted by Crippen LogP contribution is -2.31. The second kappa shape index (κ2) is 9.47. The minimum Gasteiger partial charge on any atom is -0.494 e. The predicted molar refractivity (Wildman–Crippen MR) is 118 cm³/mol. The van der Waals surface area contributed by atoms with Gasteiger partial charge in [0.2, 0.25) is 0 Å². The van der Waals surface area contributed by atoms with E-state index in [1.54, 1.807) is 0 Å². The number of anilines is 1. The van der Waals surface area contributed by atoms with Crippen molar-refractivity contribution in [3.8, 4) is 5.75 Å². The van der Waals surface area contributed by atoms with Crippen molar-refractivity contribution in [2.24, 2.45) is 0 Å². The summed E-state index contributed by atoms with van der Waals surface area (Å²) in [7, 11) is 0. The van der Waals surface area contributed by atoms with Gasteiger partial charge in [-0.15, -0.1) is 0 Å². The Labute approximate surface area is 170 Å². The van der Waals surface area contributed by atoms with Crippen LogP contribution in [0.5, 0.6) is 5.75 Å². The normalized spacial score (nSPS) is 18.1. The van der Waals surface area contributed by atoms with Crippen LogP contribution < -0.4 is 9.64 Å². The molecule has 2 aliphatic rings. The third-order valence-electron chi connectivity index (χ3n) is 6.24. The zero-order valence-electron chi connectivity index (χ0n) is 17.3. The fraction of sp³-hybridized carbons (Fsp3) is 0.520. The first-order valence-corrected chi connectivity index (χ1v) is 11.1. The average Bonchev–Trinajstić information content (AvgIpc) is 3.14. The van der Waals surface area contributed by atoms with Crippen LogP contribution in [0.25, 0.3) is 0 Å². The van der Waals surface area contributed by atoms with Gasteiger partial charge in [0.15, 0.2) is 0 Å². The number of benzene rings is 2. The van der Waals surface area contributed by atoms with Gasteiger partial charge in [-0.1, -0.05) is 43.7 Å². The SMILES string of the molecule is CC(CN1CCc2cc(OCCCN3CCCCC3)ccc21)c1ccccc1. The second-order valence-corrected chi connectivity index (χ2v) is 8.40. The summed E-state index contributed by atoms with van der Waals surface area (Å²) >= 11 is 0. The van der Waals surface area contributed by atoms with Gasteiger partial charge in [-0.25, -0.2) is 0 Å². The maximum atomic E-state index is 6.06.